The number of nitrogens with one attached hydrogen (secondary N) is 1. The highest BCUT2D eigenvalue weighted by molar-refractivity contribution is 5.94. The fourth-order valence-electron chi connectivity index (χ4n) is 2.38. The zero-order valence-corrected chi connectivity index (χ0v) is 10.9. The predicted molar refractivity (Wildman–Crippen MR) is 76.2 cm³/mol. The Morgan fingerprint density at radius 2 is 1.90 bits per heavy atom. The summed E-state index contributed by atoms with van der Waals surface area (Å²) in [6, 6.07) is 12.4. The van der Waals surface area contributed by atoms with Gasteiger partial charge in [-0.05, 0) is 12.1 Å². The fourth-order valence-corrected chi connectivity index (χ4v) is 2.38. The van der Waals surface area contributed by atoms with Crippen LogP contribution in [-0.4, -0.2) is 19.8 Å². The summed E-state index contributed by atoms with van der Waals surface area (Å²) in [6.45, 7) is -0.470. The van der Waals surface area contributed by atoms with Crippen molar-refractivity contribution < 1.29 is 10.2 Å². The van der Waals surface area contributed by atoms with Crippen LogP contribution < -0.4 is 5.69 Å². The van der Waals surface area contributed by atoms with Crippen molar-refractivity contribution in [2.45, 2.75) is 6.61 Å². The van der Waals surface area contributed by atoms with E-state index in [1.54, 1.807) is 36.4 Å². The fraction of sp³-hybridized carbons (Fsp3) is 0.0667. The van der Waals surface area contributed by atoms with Crippen molar-refractivity contribution >= 4 is 10.8 Å². The van der Waals surface area contributed by atoms with Gasteiger partial charge in [0, 0.05) is 10.8 Å². The lowest BCUT2D eigenvalue weighted by molar-refractivity contribution is 0.270. The molecule has 104 valence electrons. The molecule has 3 aromatic rings. The smallest absolute Gasteiger partial charge is 0.333 e. The highest BCUT2D eigenvalue weighted by atomic mass is 16.3. The van der Waals surface area contributed by atoms with Gasteiger partial charge in [-0.1, -0.05) is 24.3 Å². The number of hydrogen-bond acceptors (Lipinski definition) is 4. The summed E-state index contributed by atoms with van der Waals surface area (Å²) in [6.07, 6.45) is 0. The Morgan fingerprint density at radius 1 is 1.19 bits per heavy atom. The van der Waals surface area contributed by atoms with E-state index < -0.39 is 12.3 Å². The number of nitrogens with zero attached hydrogens (tertiary/aromatic N) is 2. The number of aromatic hydroxyl groups is 1. The number of hydrogen-bond donors (Lipinski definition) is 3. The Balaban J connectivity index is 2.40. The molecule has 0 bridgehead atoms. The van der Waals surface area contributed by atoms with Crippen LogP contribution in [0, 0.1) is 11.3 Å². The molecule has 0 atom stereocenters. The van der Waals surface area contributed by atoms with E-state index in [2.05, 4.69) is 11.1 Å². The van der Waals surface area contributed by atoms with Gasteiger partial charge in [0.15, 0.2) is 0 Å². The number of H-pyrrole nitrogens is 1. The standard InChI is InChI=1S/C15H11N3O3/c16-7-9-5-6-13(11-4-2-1-3-10(9)11)18-14(20)12(8-19)17-15(18)21/h1-6,19-20H,8H2,(H,17,21). The molecule has 3 rings (SSSR count). The molecule has 0 saturated carbocycles. The van der Waals surface area contributed by atoms with E-state index in [4.69, 9.17) is 10.4 Å². The topological polar surface area (TPSA) is 102 Å². The first kappa shape index (κ1) is 13.0. The molecule has 6 heteroatoms. The summed E-state index contributed by atoms with van der Waals surface area (Å²) in [7, 11) is 0. The maximum absolute atomic E-state index is 12.0. The van der Waals surface area contributed by atoms with Crippen LogP contribution in [0.2, 0.25) is 0 Å². The van der Waals surface area contributed by atoms with Gasteiger partial charge in [-0.2, -0.15) is 5.26 Å². The average molecular weight is 281 g/mol. The minimum Gasteiger partial charge on any atom is -0.493 e. The second-order valence-corrected chi connectivity index (χ2v) is 4.52. The molecule has 6 nitrogen and oxygen atoms in total. The van der Waals surface area contributed by atoms with Crippen LogP contribution >= 0.6 is 0 Å². The average Bonchev–Trinajstić information content (AvgIpc) is 2.80. The molecule has 21 heavy (non-hydrogen) atoms. The van der Waals surface area contributed by atoms with E-state index in [1.807, 2.05) is 0 Å². The number of benzene rings is 2. The van der Waals surface area contributed by atoms with Crippen molar-refractivity contribution in [1.29, 1.82) is 5.26 Å². The minimum atomic E-state index is -0.550. The zero-order valence-electron chi connectivity index (χ0n) is 10.9. The van der Waals surface area contributed by atoms with Crippen molar-refractivity contribution in [1.82, 2.24) is 9.55 Å². The van der Waals surface area contributed by atoms with Crippen LogP contribution in [0.4, 0.5) is 0 Å². The summed E-state index contributed by atoms with van der Waals surface area (Å²) in [4.78, 5) is 14.4. The van der Waals surface area contributed by atoms with Gasteiger partial charge in [-0.15, -0.1) is 0 Å². The van der Waals surface area contributed by atoms with Crippen molar-refractivity contribution in [3.05, 3.63) is 58.1 Å². The molecule has 0 aliphatic heterocycles. The van der Waals surface area contributed by atoms with Crippen LogP contribution in [0.3, 0.4) is 0 Å². The lowest BCUT2D eigenvalue weighted by Gasteiger charge is -2.09. The molecule has 0 spiro atoms. The molecule has 0 unspecified atom stereocenters. The highest BCUT2D eigenvalue weighted by Crippen LogP contribution is 2.27. The molecule has 0 aliphatic carbocycles. The predicted octanol–water partition coefficient (Wildman–Crippen LogP) is 1.39. The number of aliphatic hydroxyl groups is 1. The Hall–Kier alpha value is -3.04. The summed E-state index contributed by atoms with van der Waals surface area (Å²) in [5, 5.41) is 29.7. The van der Waals surface area contributed by atoms with Crippen LogP contribution in [-0.2, 0) is 6.61 Å². The number of imidazole rings is 1. The molecule has 0 fully saturated rings. The number of aliphatic hydroxyl groups excluding tert-OH is 1. The Kier molecular flexibility index (Phi) is 2.97. The van der Waals surface area contributed by atoms with E-state index in [0.29, 0.717) is 22.0 Å². The zero-order chi connectivity index (χ0) is 15.0. The maximum atomic E-state index is 12.0. The molecular weight excluding hydrogens is 270 g/mol. The number of rotatable bonds is 2. The van der Waals surface area contributed by atoms with E-state index in [9.17, 15) is 9.90 Å². The SMILES string of the molecule is N#Cc1ccc(-n2c(O)c(CO)[nH]c2=O)c2ccccc12. The van der Waals surface area contributed by atoms with Crippen molar-refractivity contribution in [2.24, 2.45) is 0 Å². The Labute approximate surface area is 119 Å². The molecule has 2 aromatic carbocycles. The third-order valence-corrected chi connectivity index (χ3v) is 3.36. The first-order chi connectivity index (χ1) is 10.2. The van der Waals surface area contributed by atoms with E-state index in [0.717, 1.165) is 4.57 Å². The van der Waals surface area contributed by atoms with Crippen molar-refractivity contribution in [2.75, 3.05) is 0 Å². The monoisotopic (exact) mass is 281 g/mol. The first-order valence-electron chi connectivity index (χ1n) is 6.23. The molecule has 1 aromatic heterocycles. The summed E-state index contributed by atoms with van der Waals surface area (Å²) in [5.74, 6) is -0.336. The maximum Gasteiger partial charge on any atom is 0.333 e. The summed E-state index contributed by atoms with van der Waals surface area (Å²) in [5.41, 5.74) is 0.433. The lowest BCUT2D eigenvalue weighted by atomic mass is 10.0. The Morgan fingerprint density at radius 3 is 2.52 bits per heavy atom. The molecule has 0 saturated heterocycles. The highest BCUT2D eigenvalue weighted by Gasteiger charge is 2.16. The van der Waals surface area contributed by atoms with Crippen LogP contribution in [0.1, 0.15) is 11.3 Å². The van der Waals surface area contributed by atoms with Crippen LogP contribution in [0.15, 0.2) is 41.2 Å². The van der Waals surface area contributed by atoms with Gasteiger partial charge >= 0.3 is 5.69 Å². The van der Waals surface area contributed by atoms with Crippen molar-refractivity contribution in [3.8, 4) is 17.6 Å². The number of aromatic nitrogens is 2. The van der Waals surface area contributed by atoms with Crippen LogP contribution in [0.25, 0.3) is 16.5 Å². The van der Waals surface area contributed by atoms with Gasteiger partial charge in [0.25, 0.3) is 0 Å². The number of nitriles is 1. The minimum absolute atomic E-state index is 0.0495. The first-order valence-corrected chi connectivity index (χ1v) is 6.23. The van der Waals surface area contributed by atoms with Gasteiger partial charge in [0.2, 0.25) is 5.88 Å². The van der Waals surface area contributed by atoms with Gasteiger partial charge in [-0.3, -0.25) is 0 Å². The second kappa shape index (κ2) is 4.81. The Bertz CT molecular complexity index is 931. The molecule has 0 amide bonds. The largest absolute Gasteiger partial charge is 0.493 e. The van der Waals surface area contributed by atoms with E-state index >= 15 is 0 Å². The molecule has 0 radical (unpaired) electrons. The molecule has 3 N–H and O–H groups in total. The molecule has 0 aliphatic rings. The van der Waals surface area contributed by atoms with E-state index in [-0.39, 0.29) is 11.6 Å². The van der Waals surface area contributed by atoms with Gasteiger partial charge in [0.05, 0.1) is 23.9 Å². The van der Waals surface area contributed by atoms with Crippen LogP contribution in [0.5, 0.6) is 5.88 Å². The number of fused-ring (bicyclic) bond motifs is 1. The molecular formula is C15H11N3O3. The summed E-state index contributed by atoms with van der Waals surface area (Å²) >= 11 is 0. The van der Waals surface area contributed by atoms with Gasteiger partial charge < -0.3 is 15.2 Å². The molecule has 1 heterocycles. The van der Waals surface area contributed by atoms with E-state index in [1.165, 1.54) is 0 Å². The van der Waals surface area contributed by atoms with Gasteiger partial charge in [0.1, 0.15) is 5.69 Å². The van der Waals surface area contributed by atoms with Gasteiger partial charge in [-0.25, -0.2) is 9.36 Å². The third-order valence-electron chi connectivity index (χ3n) is 3.36. The second-order valence-electron chi connectivity index (χ2n) is 4.52. The third kappa shape index (κ3) is 1.88. The quantitative estimate of drug-likeness (QED) is 0.660. The normalized spacial score (nSPS) is 10.7. The number of aromatic amines is 1. The summed E-state index contributed by atoms with van der Waals surface area (Å²) < 4.78 is 1.08. The van der Waals surface area contributed by atoms with Crippen molar-refractivity contribution in [3.63, 3.8) is 0 Å². The lowest BCUT2D eigenvalue weighted by Crippen LogP contribution is -2.14.